The molecule has 112 valence electrons. The molecule has 0 spiro atoms. The lowest BCUT2D eigenvalue weighted by atomic mass is 10.2. The summed E-state index contributed by atoms with van der Waals surface area (Å²) in [6.45, 7) is 0. The molecule has 0 bridgehead atoms. The van der Waals surface area contributed by atoms with Crippen molar-refractivity contribution < 1.29 is 4.79 Å². The van der Waals surface area contributed by atoms with Crippen LogP contribution >= 0.6 is 35.0 Å². The summed E-state index contributed by atoms with van der Waals surface area (Å²) >= 11 is 13.3. The molecule has 0 aliphatic heterocycles. The summed E-state index contributed by atoms with van der Waals surface area (Å²) in [6.07, 6.45) is 0. The SMILES string of the molecule is N#Cc1ccc(NC(=O)CSCc2ccc(Cl)c(Cl)c2)cc1. The number of anilines is 1. The highest BCUT2D eigenvalue weighted by molar-refractivity contribution is 7.99. The lowest BCUT2D eigenvalue weighted by molar-refractivity contribution is -0.113. The molecule has 3 nitrogen and oxygen atoms in total. The van der Waals surface area contributed by atoms with E-state index in [0.29, 0.717) is 32.8 Å². The maximum absolute atomic E-state index is 11.8. The highest BCUT2D eigenvalue weighted by Crippen LogP contribution is 2.24. The molecule has 0 aliphatic carbocycles. The van der Waals surface area contributed by atoms with Crippen LogP contribution in [0.1, 0.15) is 11.1 Å². The van der Waals surface area contributed by atoms with Gasteiger partial charge in [-0.05, 0) is 42.0 Å². The van der Waals surface area contributed by atoms with E-state index in [1.165, 1.54) is 11.8 Å². The monoisotopic (exact) mass is 350 g/mol. The van der Waals surface area contributed by atoms with E-state index in [9.17, 15) is 4.79 Å². The molecular weight excluding hydrogens is 339 g/mol. The molecule has 0 atom stereocenters. The molecule has 0 heterocycles. The molecular formula is C16H12Cl2N2OS. The number of amides is 1. The van der Waals surface area contributed by atoms with Crippen LogP contribution in [0.3, 0.4) is 0 Å². The van der Waals surface area contributed by atoms with E-state index in [-0.39, 0.29) is 5.91 Å². The lowest BCUT2D eigenvalue weighted by Crippen LogP contribution is -2.14. The van der Waals surface area contributed by atoms with Crippen molar-refractivity contribution in [2.75, 3.05) is 11.1 Å². The van der Waals surface area contributed by atoms with Gasteiger partial charge in [-0.1, -0.05) is 29.3 Å². The number of hydrogen-bond donors (Lipinski definition) is 1. The third kappa shape index (κ3) is 4.96. The number of carbonyl (C=O) groups excluding carboxylic acids is 1. The van der Waals surface area contributed by atoms with Gasteiger partial charge in [0.2, 0.25) is 5.91 Å². The Morgan fingerprint density at radius 3 is 2.50 bits per heavy atom. The number of nitrogens with zero attached hydrogens (tertiary/aromatic N) is 1. The van der Waals surface area contributed by atoms with Gasteiger partial charge in [-0.3, -0.25) is 4.79 Å². The molecule has 22 heavy (non-hydrogen) atoms. The predicted molar refractivity (Wildman–Crippen MR) is 92.4 cm³/mol. The number of carbonyl (C=O) groups is 1. The van der Waals surface area contributed by atoms with Crippen LogP contribution in [-0.4, -0.2) is 11.7 Å². The number of benzene rings is 2. The standard InChI is InChI=1S/C16H12Cl2N2OS/c17-14-6-3-12(7-15(14)18)9-22-10-16(21)20-13-4-1-11(8-19)2-5-13/h1-7H,9-10H2,(H,20,21). The van der Waals surface area contributed by atoms with Gasteiger partial charge in [-0.2, -0.15) is 5.26 Å². The second kappa shape index (κ2) is 8.09. The Bertz CT molecular complexity index is 711. The maximum atomic E-state index is 11.8. The highest BCUT2D eigenvalue weighted by atomic mass is 35.5. The first kappa shape index (κ1) is 16.7. The average molecular weight is 351 g/mol. The summed E-state index contributed by atoms with van der Waals surface area (Å²) in [5.74, 6) is 0.924. The number of rotatable bonds is 5. The number of thioether (sulfide) groups is 1. The zero-order valence-corrected chi connectivity index (χ0v) is 13.8. The van der Waals surface area contributed by atoms with Crippen molar-refractivity contribution in [1.29, 1.82) is 5.26 Å². The molecule has 2 rings (SSSR count). The van der Waals surface area contributed by atoms with Gasteiger partial charge in [0, 0.05) is 11.4 Å². The minimum absolute atomic E-state index is 0.0882. The molecule has 0 saturated carbocycles. The van der Waals surface area contributed by atoms with Gasteiger partial charge >= 0.3 is 0 Å². The van der Waals surface area contributed by atoms with Crippen molar-refractivity contribution in [1.82, 2.24) is 0 Å². The summed E-state index contributed by atoms with van der Waals surface area (Å²) < 4.78 is 0. The Morgan fingerprint density at radius 1 is 1.14 bits per heavy atom. The molecule has 0 unspecified atom stereocenters. The zero-order chi connectivity index (χ0) is 15.9. The molecule has 1 amide bonds. The third-order valence-electron chi connectivity index (χ3n) is 2.78. The first-order chi connectivity index (χ1) is 10.6. The molecule has 2 aromatic carbocycles. The van der Waals surface area contributed by atoms with Crippen molar-refractivity contribution in [3.63, 3.8) is 0 Å². The van der Waals surface area contributed by atoms with E-state index in [2.05, 4.69) is 5.32 Å². The molecule has 0 aromatic heterocycles. The van der Waals surface area contributed by atoms with Crippen molar-refractivity contribution in [3.05, 3.63) is 63.6 Å². The zero-order valence-electron chi connectivity index (χ0n) is 11.5. The van der Waals surface area contributed by atoms with Crippen LogP contribution in [0.4, 0.5) is 5.69 Å². The number of hydrogen-bond acceptors (Lipinski definition) is 3. The molecule has 1 N–H and O–H groups in total. The van der Waals surface area contributed by atoms with Gasteiger partial charge in [-0.25, -0.2) is 0 Å². The van der Waals surface area contributed by atoms with Crippen LogP contribution in [0.5, 0.6) is 0 Å². The summed E-state index contributed by atoms with van der Waals surface area (Å²) in [4.78, 5) is 11.8. The fourth-order valence-corrected chi connectivity index (χ4v) is 2.81. The third-order valence-corrected chi connectivity index (χ3v) is 4.53. The van der Waals surface area contributed by atoms with Gasteiger partial charge in [0.05, 0.1) is 27.4 Å². The Balaban J connectivity index is 1.80. The molecule has 0 aliphatic rings. The first-order valence-corrected chi connectivity index (χ1v) is 8.31. The van der Waals surface area contributed by atoms with Crippen LogP contribution in [0.15, 0.2) is 42.5 Å². The van der Waals surface area contributed by atoms with Crippen molar-refractivity contribution >= 4 is 46.6 Å². The molecule has 0 saturated heterocycles. The molecule has 0 radical (unpaired) electrons. The van der Waals surface area contributed by atoms with Gasteiger partial charge in [0.15, 0.2) is 0 Å². The Labute approximate surface area is 143 Å². The summed E-state index contributed by atoms with van der Waals surface area (Å²) in [7, 11) is 0. The van der Waals surface area contributed by atoms with Crippen LogP contribution in [-0.2, 0) is 10.5 Å². The minimum Gasteiger partial charge on any atom is -0.325 e. The second-order valence-corrected chi connectivity index (χ2v) is 6.28. The van der Waals surface area contributed by atoms with E-state index in [1.54, 1.807) is 36.4 Å². The van der Waals surface area contributed by atoms with Crippen molar-refractivity contribution in [2.24, 2.45) is 0 Å². The van der Waals surface area contributed by atoms with E-state index >= 15 is 0 Å². The van der Waals surface area contributed by atoms with E-state index < -0.39 is 0 Å². The van der Waals surface area contributed by atoms with Gasteiger partial charge < -0.3 is 5.32 Å². The van der Waals surface area contributed by atoms with Crippen LogP contribution in [0.2, 0.25) is 10.0 Å². The first-order valence-electron chi connectivity index (χ1n) is 6.40. The van der Waals surface area contributed by atoms with Crippen LogP contribution in [0, 0.1) is 11.3 Å². The topological polar surface area (TPSA) is 52.9 Å². The number of nitrogens with one attached hydrogen (secondary N) is 1. The van der Waals surface area contributed by atoms with Crippen molar-refractivity contribution in [2.45, 2.75) is 5.75 Å². The van der Waals surface area contributed by atoms with Gasteiger partial charge in [-0.15, -0.1) is 11.8 Å². The largest absolute Gasteiger partial charge is 0.325 e. The summed E-state index contributed by atoms with van der Waals surface area (Å²) in [5, 5.41) is 12.5. The van der Waals surface area contributed by atoms with E-state index in [4.69, 9.17) is 28.5 Å². The Hall–Kier alpha value is -1.67. The van der Waals surface area contributed by atoms with E-state index in [0.717, 1.165) is 5.56 Å². The molecule has 6 heteroatoms. The predicted octanol–water partition coefficient (Wildman–Crippen LogP) is 4.74. The highest BCUT2D eigenvalue weighted by Gasteiger charge is 2.04. The van der Waals surface area contributed by atoms with E-state index in [1.807, 2.05) is 12.1 Å². The average Bonchev–Trinajstić information content (AvgIpc) is 2.51. The van der Waals surface area contributed by atoms with Crippen LogP contribution < -0.4 is 5.32 Å². The fraction of sp³-hybridized carbons (Fsp3) is 0.125. The second-order valence-electron chi connectivity index (χ2n) is 4.48. The lowest BCUT2D eigenvalue weighted by Gasteiger charge is -2.06. The van der Waals surface area contributed by atoms with Crippen molar-refractivity contribution in [3.8, 4) is 6.07 Å². The normalized spacial score (nSPS) is 10.0. The maximum Gasteiger partial charge on any atom is 0.234 e. The molecule has 2 aromatic rings. The molecule has 0 fully saturated rings. The van der Waals surface area contributed by atoms with Gasteiger partial charge in [0.25, 0.3) is 0 Å². The number of nitriles is 1. The van der Waals surface area contributed by atoms with Crippen LogP contribution in [0.25, 0.3) is 0 Å². The number of halogens is 2. The Morgan fingerprint density at radius 2 is 1.86 bits per heavy atom. The summed E-state index contributed by atoms with van der Waals surface area (Å²) in [5.41, 5.74) is 2.26. The summed E-state index contributed by atoms with van der Waals surface area (Å²) in [6, 6.07) is 14.2. The minimum atomic E-state index is -0.0882. The smallest absolute Gasteiger partial charge is 0.234 e. The fourth-order valence-electron chi connectivity index (χ4n) is 1.72. The van der Waals surface area contributed by atoms with Gasteiger partial charge in [0.1, 0.15) is 0 Å². The Kier molecular flexibility index (Phi) is 6.14. The quantitative estimate of drug-likeness (QED) is 0.847.